The highest BCUT2D eigenvalue weighted by Crippen LogP contribution is 2.40. The summed E-state index contributed by atoms with van der Waals surface area (Å²) < 4.78 is 5.81. The topological polar surface area (TPSA) is 59.4 Å². The van der Waals surface area contributed by atoms with Gasteiger partial charge in [-0.3, -0.25) is 0 Å². The Balaban J connectivity index is 3.35. The van der Waals surface area contributed by atoms with Crippen LogP contribution < -0.4 is 0 Å². The van der Waals surface area contributed by atoms with Crippen molar-refractivity contribution in [2.45, 2.75) is 60.0 Å². The molecule has 0 aliphatic rings. The van der Waals surface area contributed by atoms with Gasteiger partial charge in [0.15, 0.2) is 0 Å². The summed E-state index contributed by atoms with van der Waals surface area (Å²) in [6, 6.07) is 0. The van der Waals surface area contributed by atoms with Crippen molar-refractivity contribution in [1.82, 2.24) is 4.98 Å². The van der Waals surface area contributed by atoms with E-state index >= 15 is 0 Å². The van der Waals surface area contributed by atoms with Gasteiger partial charge in [-0.15, -0.1) is 11.3 Å². The van der Waals surface area contributed by atoms with E-state index in [9.17, 15) is 9.90 Å². The molecule has 0 saturated carbocycles. The number of hydrogen-bond donors (Lipinski definition) is 1. The molecule has 20 heavy (non-hydrogen) atoms. The van der Waals surface area contributed by atoms with E-state index < -0.39 is 5.97 Å². The minimum atomic E-state index is -0.914. The predicted molar refractivity (Wildman–Crippen MR) is 81.6 cm³/mol. The number of aromatic nitrogens is 1. The van der Waals surface area contributed by atoms with Gasteiger partial charge in [0.05, 0.1) is 5.69 Å². The second-order valence-corrected chi connectivity index (χ2v) is 8.02. The van der Waals surface area contributed by atoms with Crippen LogP contribution in [0.5, 0.6) is 0 Å². The fourth-order valence-electron chi connectivity index (χ4n) is 1.96. The van der Waals surface area contributed by atoms with E-state index in [1.54, 1.807) is 0 Å². The molecule has 1 heterocycles. The molecule has 1 N–H and O–H groups in total. The maximum Gasteiger partial charge on any atom is 0.347 e. The molecule has 0 aliphatic heterocycles. The van der Waals surface area contributed by atoms with E-state index in [2.05, 4.69) is 25.8 Å². The first-order valence-electron chi connectivity index (χ1n) is 6.84. The highest BCUT2D eigenvalue weighted by Gasteiger charge is 2.34. The molecule has 114 valence electrons. The Bertz CT molecular complexity index is 480. The lowest BCUT2D eigenvalue weighted by molar-refractivity contribution is -0.0135. The van der Waals surface area contributed by atoms with E-state index in [1.165, 1.54) is 11.3 Å². The number of carboxylic acids is 1. The standard InChI is InChI=1S/C15H25NO3S/c1-8-19-11(15(5,6)7)12-16-10(14(2,3)4)9(20-12)13(17)18/h11H,8H2,1-7H3,(H,17,18). The van der Waals surface area contributed by atoms with Gasteiger partial charge < -0.3 is 9.84 Å². The number of ether oxygens (including phenoxy) is 1. The van der Waals surface area contributed by atoms with Gasteiger partial charge in [0.1, 0.15) is 16.0 Å². The van der Waals surface area contributed by atoms with E-state index in [1.807, 2.05) is 27.7 Å². The zero-order chi connectivity index (χ0) is 15.7. The Morgan fingerprint density at radius 3 is 2.15 bits per heavy atom. The van der Waals surface area contributed by atoms with Crippen LogP contribution >= 0.6 is 11.3 Å². The highest BCUT2D eigenvalue weighted by molar-refractivity contribution is 7.13. The second kappa shape index (κ2) is 5.82. The number of carboxylic acid groups (broad SMARTS) is 1. The summed E-state index contributed by atoms with van der Waals surface area (Å²) >= 11 is 1.23. The van der Waals surface area contributed by atoms with E-state index in [-0.39, 0.29) is 16.9 Å². The van der Waals surface area contributed by atoms with Crippen molar-refractivity contribution in [2.24, 2.45) is 5.41 Å². The van der Waals surface area contributed by atoms with Crippen LogP contribution in [0.2, 0.25) is 0 Å². The van der Waals surface area contributed by atoms with Crippen molar-refractivity contribution in [1.29, 1.82) is 0 Å². The summed E-state index contributed by atoms with van der Waals surface area (Å²) in [4.78, 5) is 16.4. The Morgan fingerprint density at radius 2 is 1.85 bits per heavy atom. The number of carbonyl (C=O) groups is 1. The van der Waals surface area contributed by atoms with Crippen LogP contribution in [0.15, 0.2) is 0 Å². The Morgan fingerprint density at radius 1 is 1.30 bits per heavy atom. The largest absolute Gasteiger partial charge is 0.477 e. The van der Waals surface area contributed by atoms with Gasteiger partial charge in [-0.25, -0.2) is 9.78 Å². The molecule has 0 radical (unpaired) electrons. The van der Waals surface area contributed by atoms with Gasteiger partial charge >= 0.3 is 5.97 Å². The zero-order valence-electron chi connectivity index (χ0n) is 13.4. The Hall–Kier alpha value is -0.940. The van der Waals surface area contributed by atoms with Gasteiger partial charge in [0.25, 0.3) is 0 Å². The molecular formula is C15H25NO3S. The van der Waals surface area contributed by atoms with Crippen LogP contribution in [0, 0.1) is 5.41 Å². The normalized spacial score (nSPS) is 14.3. The smallest absolute Gasteiger partial charge is 0.347 e. The van der Waals surface area contributed by atoms with E-state index in [0.717, 1.165) is 5.01 Å². The summed E-state index contributed by atoms with van der Waals surface area (Å²) in [6.07, 6.45) is -0.188. The SMILES string of the molecule is CCOC(c1nc(C(C)(C)C)c(C(=O)O)s1)C(C)(C)C. The second-order valence-electron chi connectivity index (χ2n) is 6.99. The molecule has 5 heteroatoms. The zero-order valence-corrected chi connectivity index (χ0v) is 14.2. The van der Waals surface area contributed by atoms with E-state index in [0.29, 0.717) is 17.2 Å². The third-order valence-electron chi connectivity index (χ3n) is 2.89. The molecule has 1 aromatic rings. The monoisotopic (exact) mass is 299 g/mol. The van der Waals surface area contributed by atoms with Crippen LogP contribution in [0.4, 0.5) is 0 Å². The van der Waals surface area contributed by atoms with Crippen LogP contribution in [0.3, 0.4) is 0 Å². The minimum Gasteiger partial charge on any atom is -0.477 e. The summed E-state index contributed by atoms with van der Waals surface area (Å²) in [7, 11) is 0. The molecule has 0 aliphatic carbocycles. The number of nitrogens with zero attached hydrogens (tertiary/aromatic N) is 1. The molecule has 1 aromatic heterocycles. The average Bonchev–Trinajstić information content (AvgIpc) is 2.68. The van der Waals surface area contributed by atoms with Gasteiger partial charge in [-0.2, -0.15) is 0 Å². The van der Waals surface area contributed by atoms with Crippen LogP contribution in [0.25, 0.3) is 0 Å². The minimum absolute atomic E-state index is 0.126. The number of thiazole rings is 1. The molecule has 0 fully saturated rings. The third kappa shape index (κ3) is 3.79. The molecule has 4 nitrogen and oxygen atoms in total. The van der Waals surface area contributed by atoms with Crippen molar-refractivity contribution in [3.63, 3.8) is 0 Å². The summed E-state index contributed by atoms with van der Waals surface area (Å²) in [5.41, 5.74) is 0.217. The molecule has 1 atom stereocenters. The van der Waals surface area contributed by atoms with Crippen molar-refractivity contribution < 1.29 is 14.6 Å². The Labute approximate surface area is 125 Å². The molecule has 0 bridgehead atoms. The molecule has 0 spiro atoms. The van der Waals surface area contributed by atoms with E-state index in [4.69, 9.17) is 4.74 Å². The summed E-state index contributed by atoms with van der Waals surface area (Å²) in [5.74, 6) is -0.914. The molecule has 1 unspecified atom stereocenters. The fraction of sp³-hybridized carbons (Fsp3) is 0.733. The van der Waals surface area contributed by atoms with Crippen LogP contribution in [0.1, 0.15) is 74.9 Å². The maximum absolute atomic E-state index is 11.4. The van der Waals surface area contributed by atoms with Gasteiger partial charge in [-0.05, 0) is 12.3 Å². The van der Waals surface area contributed by atoms with Crippen molar-refractivity contribution in [3.05, 3.63) is 15.6 Å². The van der Waals surface area contributed by atoms with Crippen molar-refractivity contribution in [3.8, 4) is 0 Å². The lowest BCUT2D eigenvalue weighted by atomic mass is 9.88. The lowest BCUT2D eigenvalue weighted by Gasteiger charge is -2.28. The van der Waals surface area contributed by atoms with Gasteiger partial charge in [0.2, 0.25) is 0 Å². The van der Waals surface area contributed by atoms with Crippen LogP contribution in [-0.4, -0.2) is 22.7 Å². The first kappa shape index (κ1) is 17.1. The van der Waals surface area contributed by atoms with Gasteiger partial charge in [0, 0.05) is 12.0 Å². The summed E-state index contributed by atoms with van der Waals surface area (Å²) in [6.45, 7) is 14.7. The van der Waals surface area contributed by atoms with Crippen molar-refractivity contribution >= 4 is 17.3 Å². The molecule has 0 amide bonds. The molecular weight excluding hydrogens is 274 g/mol. The first-order chi connectivity index (χ1) is 8.98. The number of rotatable bonds is 4. The van der Waals surface area contributed by atoms with Crippen molar-refractivity contribution in [2.75, 3.05) is 6.61 Å². The lowest BCUT2D eigenvalue weighted by Crippen LogP contribution is -2.22. The van der Waals surface area contributed by atoms with Crippen LogP contribution in [-0.2, 0) is 10.2 Å². The first-order valence-corrected chi connectivity index (χ1v) is 7.66. The number of hydrogen-bond acceptors (Lipinski definition) is 4. The van der Waals surface area contributed by atoms with Gasteiger partial charge in [-0.1, -0.05) is 41.5 Å². The highest BCUT2D eigenvalue weighted by atomic mass is 32.1. The summed E-state index contributed by atoms with van der Waals surface area (Å²) in [5, 5.41) is 10.1. The number of aromatic carboxylic acids is 1. The third-order valence-corrected chi connectivity index (χ3v) is 3.98. The predicted octanol–water partition coefficient (Wildman–Crippen LogP) is 4.26. The quantitative estimate of drug-likeness (QED) is 0.902. The average molecular weight is 299 g/mol. The molecule has 1 rings (SSSR count). The molecule has 0 saturated heterocycles. The Kier molecular flexibility index (Phi) is 4.98. The molecule has 0 aromatic carbocycles. The maximum atomic E-state index is 11.4. The fourth-order valence-corrected chi connectivity index (χ4v) is 3.37.